The van der Waals surface area contributed by atoms with Crippen molar-refractivity contribution in [2.24, 2.45) is 0 Å². The van der Waals surface area contributed by atoms with Gasteiger partial charge in [0.25, 0.3) is 0 Å². The van der Waals surface area contributed by atoms with Crippen LogP contribution in [0.4, 0.5) is 0 Å². The van der Waals surface area contributed by atoms with Crippen LogP contribution in [0.15, 0.2) is 78.9 Å². The van der Waals surface area contributed by atoms with E-state index in [-0.39, 0.29) is 6.61 Å². The lowest BCUT2D eigenvalue weighted by atomic mass is 10.0. The molecular weight excluding hydrogens is 282 g/mol. The van der Waals surface area contributed by atoms with E-state index in [0.29, 0.717) is 0 Å². The SMILES string of the molecule is OCc1ccccc1CNCc1cccc(-c2ccccc2)c1. The summed E-state index contributed by atoms with van der Waals surface area (Å²) in [6, 6.07) is 27.0. The van der Waals surface area contributed by atoms with Gasteiger partial charge in [0.15, 0.2) is 0 Å². The van der Waals surface area contributed by atoms with E-state index in [1.807, 2.05) is 24.3 Å². The van der Waals surface area contributed by atoms with Gasteiger partial charge in [0.05, 0.1) is 6.61 Å². The zero-order chi connectivity index (χ0) is 15.9. The van der Waals surface area contributed by atoms with Gasteiger partial charge in [-0.2, -0.15) is 0 Å². The van der Waals surface area contributed by atoms with Crippen molar-refractivity contribution < 1.29 is 5.11 Å². The Morgan fingerprint density at radius 2 is 1.35 bits per heavy atom. The second-order valence-corrected chi connectivity index (χ2v) is 5.60. The van der Waals surface area contributed by atoms with Crippen LogP contribution in [0.2, 0.25) is 0 Å². The van der Waals surface area contributed by atoms with Crippen molar-refractivity contribution in [2.45, 2.75) is 19.7 Å². The van der Waals surface area contributed by atoms with Crippen molar-refractivity contribution in [2.75, 3.05) is 0 Å². The van der Waals surface area contributed by atoms with Gasteiger partial charge in [-0.1, -0.05) is 72.8 Å². The van der Waals surface area contributed by atoms with Gasteiger partial charge in [-0.15, -0.1) is 0 Å². The Labute approximate surface area is 137 Å². The lowest BCUT2D eigenvalue weighted by Crippen LogP contribution is -2.14. The maximum Gasteiger partial charge on any atom is 0.0685 e. The van der Waals surface area contributed by atoms with E-state index in [4.69, 9.17) is 0 Å². The zero-order valence-electron chi connectivity index (χ0n) is 13.1. The molecule has 2 nitrogen and oxygen atoms in total. The molecule has 23 heavy (non-hydrogen) atoms. The molecule has 3 aromatic rings. The monoisotopic (exact) mass is 303 g/mol. The maximum atomic E-state index is 9.37. The van der Waals surface area contributed by atoms with Crippen LogP contribution in [0.25, 0.3) is 11.1 Å². The van der Waals surface area contributed by atoms with E-state index in [2.05, 4.69) is 59.9 Å². The predicted octanol–water partition coefficient (Wildman–Crippen LogP) is 4.14. The average molecular weight is 303 g/mol. The van der Waals surface area contributed by atoms with Crippen molar-refractivity contribution >= 4 is 0 Å². The zero-order valence-corrected chi connectivity index (χ0v) is 13.1. The van der Waals surface area contributed by atoms with Gasteiger partial charge >= 0.3 is 0 Å². The minimum Gasteiger partial charge on any atom is -0.392 e. The van der Waals surface area contributed by atoms with Crippen LogP contribution in [0, 0.1) is 0 Å². The van der Waals surface area contributed by atoms with Gasteiger partial charge in [0.1, 0.15) is 0 Å². The first-order chi connectivity index (χ1) is 11.4. The third kappa shape index (κ3) is 4.07. The molecule has 3 rings (SSSR count). The molecular formula is C21H21NO. The summed E-state index contributed by atoms with van der Waals surface area (Å²) < 4.78 is 0. The quantitative estimate of drug-likeness (QED) is 0.717. The average Bonchev–Trinajstić information content (AvgIpc) is 2.63. The van der Waals surface area contributed by atoms with Crippen molar-refractivity contribution in [1.82, 2.24) is 5.32 Å². The highest BCUT2D eigenvalue weighted by atomic mass is 16.3. The van der Waals surface area contributed by atoms with E-state index in [1.165, 1.54) is 16.7 Å². The fraction of sp³-hybridized carbons (Fsp3) is 0.143. The number of benzene rings is 3. The second-order valence-electron chi connectivity index (χ2n) is 5.60. The lowest BCUT2D eigenvalue weighted by molar-refractivity contribution is 0.280. The van der Waals surface area contributed by atoms with Gasteiger partial charge in [0, 0.05) is 13.1 Å². The molecule has 0 saturated carbocycles. The topological polar surface area (TPSA) is 32.3 Å². The van der Waals surface area contributed by atoms with Crippen molar-refractivity contribution in [3.8, 4) is 11.1 Å². The molecule has 0 unspecified atom stereocenters. The Bertz CT molecular complexity index is 753. The first kappa shape index (κ1) is 15.5. The summed E-state index contributed by atoms with van der Waals surface area (Å²) >= 11 is 0. The molecule has 116 valence electrons. The highest BCUT2D eigenvalue weighted by Gasteiger charge is 2.01. The number of hydrogen-bond acceptors (Lipinski definition) is 2. The minimum atomic E-state index is 0.0847. The third-order valence-corrected chi connectivity index (χ3v) is 3.97. The van der Waals surface area contributed by atoms with Gasteiger partial charge in [-0.05, 0) is 33.9 Å². The van der Waals surface area contributed by atoms with Crippen LogP contribution in [0.1, 0.15) is 16.7 Å². The number of nitrogens with one attached hydrogen (secondary N) is 1. The summed E-state index contributed by atoms with van der Waals surface area (Å²) in [7, 11) is 0. The number of hydrogen-bond donors (Lipinski definition) is 2. The lowest BCUT2D eigenvalue weighted by Gasteiger charge is -2.10. The largest absolute Gasteiger partial charge is 0.392 e. The predicted molar refractivity (Wildman–Crippen MR) is 94.8 cm³/mol. The molecule has 0 atom stereocenters. The van der Waals surface area contributed by atoms with Crippen molar-refractivity contribution in [1.29, 1.82) is 0 Å². The van der Waals surface area contributed by atoms with Crippen molar-refractivity contribution in [3.05, 3.63) is 95.6 Å². The van der Waals surface area contributed by atoms with Crippen LogP contribution in [-0.4, -0.2) is 5.11 Å². The number of rotatable bonds is 6. The van der Waals surface area contributed by atoms with E-state index in [0.717, 1.165) is 24.2 Å². The smallest absolute Gasteiger partial charge is 0.0685 e. The van der Waals surface area contributed by atoms with Gasteiger partial charge in [-0.25, -0.2) is 0 Å². The minimum absolute atomic E-state index is 0.0847. The number of aliphatic hydroxyl groups is 1. The van der Waals surface area contributed by atoms with E-state index in [9.17, 15) is 5.11 Å². The Balaban J connectivity index is 1.65. The number of aliphatic hydroxyl groups excluding tert-OH is 1. The molecule has 0 bridgehead atoms. The maximum absolute atomic E-state index is 9.37. The second kappa shape index (κ2) is 7.73. The molecule has 3 aromatic carbocycles. The van der Waals surface area contributed by atoms with Gasteiger partial charge in [0.2, 0.25) is 0 Å². The van der Waals surface area contributed by atoms with Crippen LogP contribution in [0.5, 0.6) is 0 Å². The van der Waals surface area contributed by atoms with Crippen molar-refractivity contribution in [3.63, 3.8) is 0 Å². The molecule has 0 heterocycles. The first-order valence-electron chi connectivity index (χ1n) is 7.89. The van der Waals surface area contributed by atoms with Crippen LogP contribution in [0.3, 0.4) is 0 Å². The molecule has 2 heteroatoms. The Morgan fingerprint density at radius 1 is 0.652 bits per heavy atom. The summed E-state index contributed by atoms with van der Waals surface area (Å²) in [5, 5.41) is 12.8. The highest BCUT2D eigenvalue weighted by molar-refractivity contribution is 5.63. The molecule has 0 saturated heterocycles. The standard InChI is InChI=1S/C21H21NO/c23-16-21-11-5-4-10-20(21)15-22-14-17-7-6-12-19(13-17)18-8-2-1-3-9-18/h1-13,22-23H,14-16H2. The molecule has 0 amide bonds. The fourth-order valence-corrected chi connectivity index (χ4v) is 2.72. The highest BCUT2D eigenvalue weighted by Crippen LogP contribution is 2.20. The van der Waals surface area contributed by atoms with Crippen LogP contribution in [-0.2, 0) is 19.7 Å². The molecule has 0 spiro atoms. The van der Waals surface area contributed by atoms with Gasteiger partial charge < -0.3 is 10.4 Å². The molecule has 0 aliphatic rings. The van der Waals surface area contributed by atoms with Crippen LogP contribution >= 0.6 is 0 Å². The van der Waals surface area contributed by atoms with E-state index >= 15 is 0 Å². The Kier molecular flexibility index (Phi) is 5.20. The summed E-state index contributed by atoms with van der Waals surface area (Å²) in [5.74, 6) is 0. The molecule has 0 fully saturated rings. The molecule has 0 aliphatic carbocycles. The van der Waals surface area contributed by atoms with Crippen LogP contribution < -0.4 is 5.32 Å². The third-order valence-electron chi connectivity index (χ3n) is 3.97. The molecule has 0 aliphatic heterocycles. The Hall–Kier alpha value is -2.42. The Morgan fingerprint density at radius 3 is 2.13 bits per heavy atom. The van der Waals surface area contributed by atoms with E-state index in [1.54, 1.807) is 0 Å². The first-order valence-corrected chi connectivity index (χ1v) is 7.89. The van der Waals surface area contributed by atoms with Gasteiger partial charge in [-0.3, -0.25) is 0 Å². The molecule has 0 radical (unpaired) electrons. The summed E-state index contributed by atoms with van der Waals surface area (Å²) in [4.78, 5) is 0. The molecule has 2 N–H and O–H groups in total. The summed E-state index contributed by atoms with van der Waals surface area (Å²) in [6.45, 7) is 1.65. The fourth-order valence-electron chi connectivity index (χ4n) is 2.72. The van der Waals surface area contributed by atoms with E-state index < -0.39 is 0 Å². The summed E-state index contributed by atoms with van der Waals surface area (Å²) in [5.41, 5.74) is 5.86. The molecule has 0 aromatic heterocycles. The summed E-state index contributed by atoms with van der Waals surface area (Å²) in [6.07, 6.45) is 0. The normalized spacial score (nSPS) is 10.7.